The molecule has 0 saturated heterocycles. The van der Waals surface area contributed by atoms with Crippen molar-refractivity contribution in [1.29, 1.82) is 0 Å². The van der Waals surface area contributed by atoms with E-state index in [9.17, 15) is 0 Å². The van der Waals surface area contributed by atoms with Crippen LogP contribution in [0.1, 0.15) is 5.56 Å². The minimum absolute atomic E-state index is 0.673. The summed E-state index contributed by atoms with van der Waals surface area (Å²) in [5.74, 6) is 2.23. The molecule has 0 radical (unpaired) electrons. The predicted molar refractivity (Wildman–Crippen MR) is 87.6 cm³/mol. The fourth-order valence-electron chi connectivity index (χ4n) is 2.01. The summed E-state index contributed by atoms with van der Waals surface area (Å²) in [5.41, 5.74) is 2.09. The maximum absolute atomic E-state index is 5.34. The van der Waals surface area contributed by atoms with E-state index in [1.54, 1.807) is 21.3 Å². The number of rotatable bonds is 6. The standard InChI is InChI=1S/C16H18BrNO3/c1-19-13-6-4-5-12(9-13)18-10-11-7-14(17)16(21-3)15(8-11)20-2/h4-9,18H,10H2,1-3H3. The van der Waals surface area contributed by atoms with Gasteiger partial charge >= 0.3 is 0 Å². The zero-order valence-electron chi connectivity index (χ0n) is 12.3. The molecular weight excluding hydrogens is 334 g/mol. The molecule has 112 valence electrons. The Morgan fingerprint density at radius 1 is 1.00 bits per heavy atom. The molecule has 0 heterocycles. The van der Waals surface area contributed by atoms with Gasteiger partial charge in [-0.25, -0.2) is 0 Å². The Labute approximate surface area is 133 Å². The highest BCUT2D eigenvalue weighted by molar-refractivity contribution is 9.10. The van der Waals surface area contributed by atoms with Crippen LogP contribution in [0, 0.1) is 0 Å². The zero-order chi connectivity index (χ0) is 15.2. The van der Waals surface area contributed by atoms with Crippen molar-refractivity contribution in [2.75, 3.05) is 26.6 Å². The van der Waals surface area contributed by atoms with Gasteiger partial charge in [-0.3, -0.25) is 0 Å². The molecule has 0 unspecified atom stereocenters. The van der Waals surface area contributed by atoms with Gasteiger partial charge in [0.05, 0.1) is 25.8 Å². The van der Waals surface area contributed by atoms with Crippen molar-refractivity contribution in [3.05, 3.63) is 46.4 Å². The first-order chi connectivity index (χ1) is 10.2. The second-order valence-electron chi connectivity index (χ2n) is 4.40. The molecule has 0 spiro atoms. The van der Waals surface area contributed by atoms with Gasteiger partial charge in [-0.15, -0.1) is 0 Å². The number of nitrogens with one attached hydrogen (secondary N) is 1. The van der Waals surface area contributed by atoms with Gasteiger partial charge in [0.1, 0.15) is 5.75 Å². The lowest BCUT2D eigenvalue weighted by molar-refractivity contribution is 0.352. The first-order valence-electron chi connectivity index (χ1n) is 6.46. The van der Waals surface area contributed by atoms with Crippen LogP contribution in [0.15, 0.2) is 40.9 Å². The third kappa shape index (κ3) is 3.82. The van der Waals surface area contributed by atoms with Gasteiger partial charge in [0.15, 0.2) is 11.5 Å². The Kier molecular flexibility index (Phi) is 5.33. The molecule has 0 atom stereocenters. The van der Waals surface area contributed by atoms with Crippen molar-refractivity contribution in [2.24, 2.45) is 0 Å². The third-order valence-electron chi connectivity index (χ3n) is 3.06. The summed E-state index contributed by atoms with van der Waals surface area (Å²) < 4.78 is 16.7. The summed E-state index contributed by atoms with van der Waals surface area (Å²) in [6.07, 6.45) is 0. The molecule has 2 aromatic rings. The van der Waals surface area contributed by atoms with E-state index in [0.29, 0.717) is 18.0 Å². The second kappa shape index (κ2) is 7.22. The molecule has 0 aliphatic carbocycles. The number of hydrogen-bond donors (Lipinski definition) is 1. The molecule has 21 heavy (non-hydrogen) atoms. The molecule has 0 bridgehead atoms. The average Bonchev–Trinajstić information content (AvgIpc) is 2.52. The molecule has 0 aromatic heterocycles. The average molecular weight is 352 g/mol. The molecule has 0 fully saturated rings. The van der Waals surface area contributed by atoms with Crippen LogP contribution in [0.4, 0.5) is 5.69 Å². The SMILES string of the molecule is COc1cccc(NCc2cc(Br)c(OC)c(OC)c2)c1. The summed E-state index contributed by atoms with van der Waals surface area (Å²) in [4.78, 5) is 0. The van der Waals surface area contributed by atoms with Gasteiger partial charge in [-0.2, -0.15) is 0 Å². The maximum Gasteiger partial charge on any atom is 0.174 e. The van der Waals surface area contributed by atoms with E-state index in [1.807, 2.05) is 36.4 Å². The first-order valence-corrected chi connectivity index (χ1v) is 7.25. The summed E-state index contributed by atoms with van der Waals surface area (Å²) >= 11 is 3.50. The monoisotopic (exact) mass is 351 g/mol. The number of methoxy groups -OCH3 is 3. The molecule has 0 aliphatic rings. The molecule has 5 heteroatoms. The van der Waals surface area contributed by atoms with E-state index in [1.165, 1.54) is 0 Å². The number of anilines is 1. The lowest BCUT2D eigenvalue weighted by Gasteiger charge is -2.13. The van der Waals surface area contributed by atoms with Crippen LogP contribution in [0.5, 0.6) is 17.2 Å². The minimum Gasteiger partial charge on any atom is -0.497 e. The molecular formula is C16H18BrNO3. The summed E-state index contributed by atoms with van der Waals surface area (Å²) in [6.45, 7) is 0.673. The van der Waals surface area contributed by atoms with Crippen molar-refractivity contribution in [3.63, 3.8) is 0 Å². The molecule has 0 amide bonds. The third-order valence-corrected chi connectivity index (χ3v) is 3.65. The summed E-state index contributed by atoms with van der Waals surface area (Å²) in [7, 11) is 4.91. The first kappa shape index (κ1) is 15.5. The molecule has 2 rings (SSSR count). The van der Waals surface area contributed by atoms with Crippen LogP contribution in [-0.2, 0) is 6.54 Å². The van der Waals surface area contributed by atoms with E-state index in [-0.39, 0.29) is 0 Å². The van der Waals surface area contributed by atoms with Crippen LogP contribution < -0.4 is 19.5 Å². The molecule has 0 saturated carbocycles. The summed E-state index contributed by atoms with van der Waals surface area (Å²) in [5, 5.41) is 3.35. The van der Waals surface area contributed by atoms with Crippen molar-refractivity contribution in [3.8, 4) is 17.2 Å². The van der Waals surface area contributed by atoms with Crippen LogP contribution in [0.25, 0.3) is 0 Å². The Morgan fingerprint density at radius 2 is 1.81 bits per heavy atom. The van der Waals surface area contributed by atoms with Crippen molar-refractivity contribution < 1.29 is 14.2 Å². The maximum atomic E-state index is 5.34. The highest BCUT2D eigenvalue weighted by atomic mass is 79.9. The highest BCUT2D eigenvalue weighted by Gasteiger charge is 2.10. The van der Waals surface area contributed by atoms with Gasteiger partial charge in [0, 0.05) is 18.3 Å². The lowest BCUT2D eigenvalue weighted by atomic mass is 10.2. The Balaban J connectivity index is 2.14. The molecule has 4 nitrogen and oxygen atoms in total. The number of benzene rings is 2. The fourth-order valence-corrected chi connectivity index (χ4v) is 2.66. The van der Waals surface area contributed by atoms with E-state index < -0.39 is 0 Å². The highest BCUT2D eigenvalue weighted by Crippen LogP contribution is 2.36. The van der Waals surface area contributed by atoms with Crippen molar-refractivity contribution in [1.82, 2.24) is 0 Å². The van der Waals surface area contributed by atoms with E-state index in [2.05, 4.69) is 21.2 Å². The van der Waals surface area contributed by atoms with Gasteiger partial charge in [-0.1, -0.05) is 6.07 Å². The quantitative estimate of drug-likeness (QED) is 0.850. The Bertz CT molecular complexity index is 616. The van der Waals surface area contributed by atoms with E-state index in [4.69, 9.17) is 14.2 Å². The van der Waals surface area contributed by atoms with Crippen molar-refractivity contribution >= 4 is 21.6 Å². The topological polar surface area (TPSA) is 39.7 Å². The number of ether oxygens (including phenoxy) is 3. The fraction of sp³-hybridized carbons (Fsp3) is 0.250. The van der Waals surface area contributed by atoms with Gasteiger partial charge in [-0.05, 0) is 45.8 Å². The number of hydrogen-bond acceptors (Lipinski definition) is 4. The van der Waals surface area contributed by atoms with Gasteiger partial charge in [0.25, 0.3) is 0 Å². The predicted octanol–water partition coefficient (Wildman–Crippen LogP) is 4.09. The zero-order valence-corrected chi connectivity index (χ0v) is 13.9. The largest absolute Gasteiger partial charge is 0.497 e. The normalized spacial score (nSPS) is 10.1. The van der Waals surface area contributed by atoms with E-state index in [0.717, 1.165) is 21.5 Å². The second-order valence-corrected chi connectivity index (χ2v) is 5.25. The van der Waals surface area contributed by atoms with Gasteiger partial charge < -0.3 is 19.5 Å². The van der Waals surface area contributed by atoms with Crippen molar-refractivity contribution in [2.45, 2.75) is 6.54 Å². The molecule has 1 N–H and O–H groups in total. The van der Waals surface area contributed by atoms with Crippen LogP contribution >= 0.6 is 15.9 Å². The lowest BCUT2D eigenvalue weighted by Crippen LogP contribution is -2.01. The van der Waals surface area contributed by atoms with Crippen LogP contribution in [-0.4, -0.2) is 21.3 Å². The van der Waals surface area contributed by atoms with Crippen LogP contribution in [0.2, 0.25) is 0 Å². The smallest absolute Gasteiger partial charge is 0.174 e. The molecule has 0 aliphatic heterocycles. The van der Waals surface area contributed by atoms with Gasteiger partial charge in [0.2, 0.25) is 0 Å². The Hall–Kier alpha value is -1.88. The van der Waals surface area contributed by atoms with Crippen LogP contribution in [0.3, 0.4) is 0 Å². The Morgan fingerprint density at radius 3 is 2.48 bits per heavy atom. The molecule has 2 aromatic carbocycles. The minimum atomic E-state index is 0.673. The van der Waals surface area contributed by atoms with E-state index >= 15 is 0 Å². The number of halogens is 1. The summed E-state index contributed by atoms with van der Waals surface area (Å²) in [6, 6.07) is 11.8.